The molecule has 1 amide bonds. The maximum Gasteiger partial charge on any atom is 0.266 e. The lowest BCUT2D eigenvalue weighted by Crippen LogP contribution is -2.51. The highest BCUT2D eigenvalue weighted by Gasteiger charge is 2.36. The Labute approximate surface area is 159 Å². The van der Waals surface area contributed by atoms with Crippen LogP contribution < -0.4 is 4.74 Å². The largest absolute Gasteiger partial charge is 0.478 e. The van der Waals surface area contributed by atoms with Gasteiger partial charge in [0.15, 0.2) is 5.60 Å². The molecule has 6 heteroatoms. The molecule has 1 aromatic heterocycles. The maximum absolute atomic E-state index is 13.1. The number of nitrogens with zero attached hydrogens (tertiary/aromatic N) is 3. The van der Waals surface area contributed by atoms with Crippen LogP contribution in [0.2, 0.25) is 0 Å². The van der Waals surface area contributed by atoms with E-state index in [0.29, 0.717) is 25.3 Å². The predicted octanol–water partition coefficient (Wildman–Crippen LogP) is 2.62. The zero-order valence-corrected chi connectivity index (χ0v) is 16.2. The fourth-order valence-electron chi connectivity index (χ4n) is 4.00. The molecule has 2 aliphatic rings. The first kappa shape index (κ1) is 18.0. The molecule has 2 heterocycles. The zero-order valence-electron chi connectivity index (χ0n) is 16.2. The second-order valence-corrected chi connectivity index (χ2v) is 8.08. The number of amides is 1. The van der Waals surface area contributed by atoms with Gasteiger partial charge in [0.05, 0.1) is 30.6 Å². The van der Waals surface area contributed by atoms with E-state index in [0.717, 1.165) is 24.3 Å². The second kappa shape index (κ2) is 6.68. The molecule has 1 aromatic carbocycles. The molecule has 0 radical (unpaired) electrons. The van der Waals surface area contributed by atoms with E-state index in [4.69, 9.17) is 4.74 Å². The first-order valence-corrected chi connectivity index (χ1v) is 9.68. The first-order chi connectivity index (χ1) is 12.8. The summed E-state index contributed by atoms with van der Waals surface area (Å²) in [7, 11) is 0. The number of hydrogen-bond donors (Lipinski definition) is 1. The van der Waals surface area contributed by atoms with Crippen LogP contribution in [0.3, 0.4) is 0 Å². The van der Waals surface area contributed by atoms with Crippen molar-refractivity contribution in [3.63, 3.8) is 0 Å². The van der Waals surface area contributed by atoms with Crippen molar-refractivity contribution in [1.29, 1.82) is 0 Å². The molecule has 0 saturated heterocycles. The van der Waals surface area contributed by atoms with E-state index in [-0.39, 0.29) is 5.91 Å². The number of ether oxygens (including phenoxy) is 1. The standard InChI is InChI=1S/C21H27N3O3/c1-14(25)19-12-17-13-23(9-10-24(17)22-19)20(26)21(2,3)27-18-8-7-15-5-4-6-16(15)11-18/h7-8,11-12,14,25H,4-6,9-10,13H2,1-3H3/t14-/m1/s1. The number of aryl methyl sites for hydroxylation is 2. The minimum Gasteiger partial charge on any atom is -0.478 e. The van der Waals surface area contributed by atoms with Crippen LogP contribution in [0, 0.1) is 0 Å². The average Bonchev–Trinajstić information content (AvgIpc) is 3.26. The highest BCUT2D eigenvalue weighted by Crippen LogP contribution is 2.29. The molecular weight excluding hydrogens is 342 g/mol. The van der Waals surface area contributed by atoms with Crippen LogP contribution in [0.4, 0.5) is 0 Å². The summed E-state index contributed by atoms with van der Waals surface area (Å²) in [5.74, 6) is 0.724. The fourth-order valence-corrected chi connectivity index (χ4v) is 4.00. The first-order valence-electron chi connectivity index (χ1n) is 9.68. The molecule has 1 aliphatic heterocycles. The molecule has 1 aliphatic carbocycles. The number of fused-ring (bicyclic) bond motifs is 2. The van der Waals surface area contributed by atoms with E-state index in [2.05, 4.69) is 17.2 Å². The Hall–Kier alpha value is -2.34. The van der Waals surface area contributed by atoms with Crippen LogP contribution in [0.5, 0.6) is 5.75 Å². The minimum atomic E-state index is -0.942. The molecule has 0 unspecified atom stereocenters. The Morgan fingerprint density at radius 3 is 2.78 bits per heavy atom. The number of aliphatic hydroxyl groups excluding tert-OH is 1. The number of carbonyl (C=O) groups excluding carboxylic acids is 1. The Kier molecular flexibility index (Phi) is 4.46. The number of aliphatic hydroxyl groups is 1. The molecule has 1 N–H and O–H groups in total. The van der Waals surface area contributed by atoms with Gasteiger partial charge in [-0.3, -0.25) is 9.48 Å². The Morgan fingerprint density at radius 2 is 2.00 bits per heavy atom. The lowest BCUT2D eigenvalue weighted by atomic mass is 10.1. The number of benzene rings is 1. The SMILES string of the molecule is C[C@@H](O)c1cc2n(n1)CCN(C(=O)C(C)(C)Oc1ccc3c(c1)CCC3)C2. The monoisotopic (exact) mass is 369 g/mol. The van der Waals surface area contributed by atoms with Crippen molar-refractivity contribution in [2.45, 2.75) is 64.8 Å². The molecule has 6 nitrogen and oxygen atoms in total. The molecule has 0 bridgehead atoms. The van der Waals surface area contributed by atoms with Crippen LogP contribution in [0.25, 0.3) is 0 Å². The lowest BCUT2D eigenvalue weighted by Gasteiger charge is -2.34. The molecule has 1 atom stereocenters. The van der Waals surface area contributed by atoms with Crippen molar-refractivity contribution < 1.29 is 14.6 Å². The van der Waals surface area contributed by atoms with Gasteiger partial charge < -0.3 is 14.7 Å². The maximum atomic E-state index is 13.1. The van der Waals surface area contributed by atoms with Crippen LogP contribution >= 0.6 is 0 Å². The third-order valence-electron chi connectivity index (χ3n) is 5.49. The van der Waals surface area contributed by atoms with Crippen molar-refractivity contribution in [3.8, 4) is 5.75 Å². The Morgan fingerprint density at radius 1 is 1.22 bits per heavy atom. The van der Waals surface area contributed by atoms with Crippen molar-refractivity contribution in [1.82, 2.24) is 14.7 Å². The molecule has 27 heavy (non-hydrogen) atoms. The van der Waals surface area contributed by atoms with Gasteiger partial charge in [-0.15, -0.1) is 0 Å². The molecule has 0 spiro atoms. The molecule has 4 rings (SSSR count). The molecule has 0 fully saturated rings. The van der Waals surface area contributed by atoms with Gasteiger partial charge >= 0.3 is 0 Å². The van der Waals surface area contributed by atoms with Crippen LogP contribution in [-0.4, -0.2) is 37.8 Å². The number of carbonyl (C=O) groups is 1. The van der Waals surface area contributed by atoms with E-state index in [9.17, 15) is 9.90 Å². The highest BCUT2D eigenvalue weighted by atomic mass is 16.5. The molecule has 0 saturated carbocycles. The average molecular weight is 369 g/mol. The Bertz CT molecular complexity index is 870. The van der Waals surface area contributed by atoms with Crippen LogP contribution in [0.15, 0.2) is 24.3 Å². The smallest absolute Gasteiger partial charge is 0.266 e. The normalized spacial score (nSPS) is 17.4. The van der Waals surface area contributed by atoms with Crippen molar-refractivity contribution >= 4 is 5.91 Å². The fraction of sp³-hybridized carbons (Fsp3) is 0.524. The quantitative estimate of drug-likeness (QED) is 0.900. The van der Waals surface area contributed by atoms with E-state index in [1.54, 1.807) is 6.92 Å². The van der Waals surface area contributed by atoms with Gasteiger partial charge in [-0.25, -0.2) is 0 Å². The van der Waals surface area contributed by atoms with E-state index in [1.807, 2.05) is 35.6 Å². The Balaban J connectivity index is 1.48. The summed E-state index contributed by atoms with van der Waals surface area (Å²) in [6.07, 6.45) is 2.81. The van der Waals surface area contributed by atoms with Gasteiger partial charge in [0.2, 0.25) is 0 Å². The van der Waals surface area contributed by atoms with Gasteiger partial charge in [-0.05, 0) is 69.4 Å². The minimum absolute atomic E-state index is 0.0333. The number of aromatic nitrogens is 2. The third kappa shape index (κ3) is 3.46. The molecular formula is C21H27N3O3. The number of hydrogen-bond acceptors (Lipinski definition) is 4. The van der Waals surface area contributed by atoms with Gasteiger partial charge in [-0.1, -0.05) is 6.07 Å². The molecule has 2 aromatic rings. The summed E-state index contributed by atoms with van der Waals surface area (Å²) >= 11 is 0. The topological polar surface area (TPSA) is 67.6 Å². The summed E-state index contributed by atoms with van der Waals surface area (Å²) in [6, 6.07) is 8.05. The third-order valence-corrected chi connectivity index (χ3v) is 5.49. The van der Waals surface area contributed by atoms with E-state index < -0.39 is 11.7 Å². The van der Waals surface area contributed by atoms with Gasteiger partial charge in [-0.2, -0.15) is 5.10 Å². The van der Waals surface area contributed by atoms with Crippen LogP contribution in [-0.2, 0) is 30.7 Å². The number of rotatable bonds is 4. The molecule has 144 valence electrons. The summed E-state index contributed by atoms with van der Waals surface area (Å²) in [6.45, 7) is 7.05. The van der Waals surface area contributed by atoms with E-state index >= 15 is 0 Å². The predicted molar refractivity (Wildman–Crippen MR) is 101 cm³/mol. The van der Waals surface area contributed by atoms with Gasteiger partial charge in [0.25, 0.3) is 5.91 Å². The van der Waals surface area contributed by atoms with Crippen molar-refractivity contribution in [2.24, 2.45) is 0 Å². The summed E-state index contributed by atoms with van der Waals surface area (Å²) in [5, 5.41) is 14.1. The lowest BCUT2D eigenvalue weighted by molar-refractivity contribution is -0.147. The second-order valence-electron chi connectivity index (χ2n) is 8.08. The van der Waals surface area contributed by atoms with Gasteiger partial charge in [0, 0.05) is 6.54 Å². The summed E-state index contributed by atoms with van der Waals surface area (Å²) in [5.41, 5.74) is 3.38. The zero-order chi connectivity index (χ0) is 19.2. The van der Waals surface area contributed by atoms with Crippen molar-refractivity contribution in [2.75, 3.05) is 6.54 Å². The van der Waals surface area contributed by atoms with Gasteiger partial charge in [0.1, 0.15) is 5.75 Å². The highest BCUT2D eigenvalue weighted by molar-refractivity contribution is 5.85. The van der Waals surface area contributed by atoms with E-state index in [1.165, 1.54) is 17.5 Å². The van der Waals surface area contributed by atoms with Crippen molar-refractivity contribution in [3.05, 3.63) is 46.8 Å². The van der Waals surface area contributed by atoms with Crippen LogP contribution in [0.1, 0.15) is 55.8 Å². The summed E-state index contributed by atoms with van der Waals surface area (Å²) in [4.78, 5) is 14.9. The summed E-state index contributed by atoms with van der Waals surface area (Å²) < 4.78 is 8.00.